The number of hydrogen-bond donors (Lipinski definition) is 0. The highest BCUT2D eigenvalue weighted by Crippen LogP contribution is 2.21. The first-order valence-electron chi connectivity index (χ1n) is 3.88. The van der Waals surface area contributed by atoms with Crippen molar-refractivity contribution < 1.29 is 4.92 Å². The number of fused-ring (bicyclic) bond motifs is 1. The predicted molar refractivity (Wildman–Crippen MR) is 54.3 cm³/mol. The summed E-state index contributed by atoms with van der Waals surface area (Å²) in [6.45, 7) is 1.69. The lowest BCUT2D eigenvalue weighted by Crippen LogP contribution is -1.97. The highest BCUT2D eigenvalue weighted by atomic mass is 79.9. The number of imidazole rings is 1. The Morgan fingerprint density at radius 2 is 2.29 bits per heavy atom. The number of rotatable bonds is 1. The summed E-state index contributed by atoms with van der Waals surface area (Å²) in [5, 5.41) is 10.6. The van der Waals surface area contributed by atoms with Crippen molar-refractivity contribution in [1.29, 1.82) is 0 Å². The fraction of sp³-hybridized carbons (Fsp3) is 0.125. The van der Waals surface area contributed by atoms with Gasteiger partial charge in [-0.2, -0.15) is 0 Å². The van der Waals surface area contributed by atoms with Crippen molar-refractivity contribution in [2.24, 2.45) is 0 Å². The second-order valence-electron chi connectivity index (χ2n) is 2.85. The minimum absolute atomic E-state index is 0.0994. The van der Waals surface area contributed by atoms with Crippen LogP contribution in [-0.2, 0) is 0 Å². The molecule has 0 saturated heterocycles. The molecule has 72 valence electrons. The molecule has 0 aliphatic rings. The third kappa shape index (κ3) is 1.27. The monoisotopic (exact) mass is 255 g/mol. The van der Waals surface area contributed by atoms with Crippen LogP contribution in [0.2, 0.25) is 0 Å². The second kappa shape index (κ2) is 3.06. The Bertz CT molecular complexity index is 521. The maximum Gasteiger partial charge on any atom is 0.288 e. The highest BCUT2D eigenvalue weighted by molar-refractivity contribution is 9.10. The number of aromatic nitrogens is 2. The van der Waals surface area contributed by atoms with Crippen LogP contribution in [0, 0.1) is 17.0 Å². The SMILES string of the molecule is Cc1c([N+](=O)[O-])ccc2nc(Br)cn12. The van der Waals surface area contributed by atoms with Gasteiger partial charge in [0.15, 0.2) is 0 Å². The van der Waals surface area contributed by atoms with Crippen LogP contribution < -0.4 is 0 Å². The zero-order chi connectivity index (χ0) is 10.3. The standard InChI is InChI=1S/C8H6BrN3O2/c1-5-6(12(13)14)2-3-8-10-7(9)4-11(5)8/h2-4H,1H3. The molecule has 2 rings (SSSR count). The van der Waals surface area contributed by atoms with E-state index in [1.54, 1.807) is 23.6 Å². The fourth-order valence-corrected chi connectivity index (χ4v) is 1.73. The molecule has 2 heterocycles. The number of hydrogen-bond acceptors (Lipinski definition) is 3. The summed E-state index contributed by atoms with van der Waals surface area (Å²) in [7, 11) is 0. The summed E-state index contributed by atoms with van der Waals surface area (Å²) in [6.07, 6.45) is 1.71. The number of aryl methyl sites for hydroxylation is 1. The summed E-state index contributed by atoms with van der Waals surface area (Å²) in [4.78, 5) is 14.4. The van der Waals surface area contributed by atoms with Crippen molar-refractivity contribution in [2.75, 3.05) is 0 Å². The molecule has 0 bridgehead atoms. The smallest absolute Gasteiger partial charge is 0.288 e. The molecule has 0 spiro atoms. The number of nitrogens with zero attached hydrogens (tertiary/aromatic N) is 3. The third-order valence-electron chi connectivity index (χ3n) is 2.02. The van der Waals surface area contributed by atoms with Gasteiger partial charge in [-0.1, -0.05) is 0 Å². The van der Waals surface area contributed by atoms with Crippen molar-refractivity contribution in [2.45, 2.75) is 6.92 Å². The highest BCUT2D eigenvalue weighted by Gasteiger charge is 2.13. The van der Waals surface area contributed by atoms with Gasteiger partial charge in [0, 0.05) is 12.3 Å². The predicted octanol–water partition coefficient (Wildman–Crippen LogP) is 2.31. The molecule has 0 aliphatic carbocycles. The Hall–Kier alpha value is -1.43. The summed E-state index contributed by atoms with van der Waals surface area (Å²) >= 11 is 3.22. The lowest BCUT2D eigenvalue weighted by atomic mass is 10.3. The van der Waals surface area contributed by atoms with Crippen molar-refractivity contribution in [1.82, 2.24) is 9.38 Å². The molecule has 0 saturated carbocycles. The van der Waals surface area contributed by atoms with Gasteiger partial charge in [-0.15, -0.1) is 0 Å². The van der Waals surface area contributed by atoms with Gasteiger partial charge in [0.1, 0.15) is 10.3 Å². The molecule has 0 atom stereocenters. The molecule has 0 amide bonds. The first-order chi connectivity index (χ1) is 6.59. The molecule has 2 aromatic heterocycles. The van der Waals surface area contributed by atoms with Crippen LogP contribution in [0.1, 0.15) is 5.69 Å². The van der Waals surface area contributed by atoms with E-state index in [0.29, 0.717) is 15.9 Å². The Labute approximate surface area is 87.7 Å². The average Bonchev–Trinajstić information content (AvgIpc) is 2.46. The van der Waals surface area contributed by atoms with Crippen LogP contribution in [0.15, 0.2) is 22.9 Å². The van der Waals surface area contributed by atoms with E-state index in [4.69, 9.17) is 0 Å². The molecule has 0 radical (unpaired) electrons. The van der Waals surface area contributed by atoms with Crippen LogP contribution in [0.5, 0.6) is 0 Å². The van der Waals surface area contributed by atoms with Gasteiger partial charge in [0.25, 0.3) is 5.69 Å². The van der Waals surface area contributed by atoms with E-state index in [9.17, 15) is 10.1 Å². The molecule has 0 unspecified atom stereocenters. The molecule has 0 aliphatic heterocycles. The fourth-order valence-electron chi connectivity index (χ4n) is 1.34. The van der Waals surface area contributed by atoms with Crippen LogP contribution in [0.4, 0.5) is 5.69 Å². The molecule has 0 N–H and O–H groups in total. The molecule has 0 fully saturated rings. The van der Waals surface area contributed by atoms with Crippen LogP contribution in [0.25, 0.3) is 5.65 Å². The molecule has 2 aromatic rings. The largest absolute Gasteiger partial charge is 0.296 e. The van der Waals surface area contributed by atoms with E-state index in [-0.39, 0.29) is 5.69 Å². The van der Waals surface area contributed by atoms with Crippen molar-refractivity contribution in [3.63, 3.8) is 0 Å². The Morgan fingerprint density at radius 1 is 1.57 bits per heavy atom. The summed E-state index contributed by atoms with van der Waals surface area (Å²) in [6, 6.07) is 3.08. The minimum atomic E-state index is -0.400. The topological polar surface area (TPSA) is 60.4 Å². The molecule has 14 heavy (non-hydrogen) atoms. The molecule has 0 aromatic carbocycles. The maximum atomic E-state index is 10.6. The van der Waals surface area contributed by atoms with Gasteiger partial charge in [-0.25, -0.2) is 4.98 Å². The van der Waals surface area contributed by atoms with Crippen molar-refractivity contribution in [3.8, 4) is 0 Å². The second-order valence-corrected chi connectivity index (χ2v) is 3.67. The van der Waals surface area contributed by atoms with E-state index in [1.165, 1.54) is 6.07 Å². The average molecular weight is 256 g/mol. The Kier molecular flexibility index (Phi) is 1.99. The third-order valence-corrected chi connectivity index (χ3v) is 2.40. The van der Waals surface area contributed by atoms with E-state index >= 15 is 0 Å². The van der Waals surface area contributed by atoms with Gasteiger partial charge >= 0.3 is 0 Å². The van der Waals surface area contributed by atoms with Gasteiger partial charge in [0.2, 0.25) is 0 Å². The Morgan fingerprint density at radius 3 is 2.93 bits per heavy atom. The molecule has 6 heteroatoms. The number of pyridine rings is 1. The molecular weight excluding hydrogens is 250 g/mol. The first kappa shape index (κ1) is 9.14. The van der Waals surface area contributed by atoms with Gasteiger partial charge < -0.3 is 0 Å². The Balaban J connectivity index is 2.80. The molecule has 5 nitrogen and oxygen atoms in total. The summed E-state index contributed by atoms with van der Waals surface area (Å²) in [5.41, 5.74) is 1.37. The van der Waals surface area contributed by atoms with Crippen molar-refractivity contribution in [3.05, 3.63) is 38.7 Å². The molecular formula is C8H6BrN3O2. The van der Waals surface area contributed by atoms with E-state index in [0.717, 1.165) is 0 Å². The van der Waals surface area contributed by atoms with Crippen LogP contribution >= 0.6 is 15.9 Å². The number of halogens is 1. The lowest BCUT2D eigenvalue weighted by Gasteiger charge is -1.99. The normalized spacial score (nSPS) is 10.7. The zero-order valence-corrected chi connectivity index (χ0v) is 8.85. The lowest BCUT2D eigenvalue weighted by molar-refractivity contribution is -0.385. The maximum absolute atomic E-state index is 10.6. The van der Waals surface area contributed by atoms with Crippen molar-refractivity contribution >= 4 is 27.3 Å². The van der Waals surface area contributed by atoms with E-state index in [1.807, 2.05) is 0 Å². The van der Waals surface area contributed by atoms with E-state index in [2.05, 4.69) is 20.9 Å². The van der Waals surface area contributed by atoms with Gasteiger partial charge in [-0.3, -0.25) is 14.5 Å². The minimum Gasteiger partial charge on any atom is -0.296 e. The van der Waals surface area contributed by atoms with Gasteiger partial charge in [-0.05, 0) is 28.9 Å². The summed E-state index contributed by atoms with van der Waals surface area (Å²) < 4.78 is 2.35. The van der Waals surface area contributed by atoms with E-state index < -0.39 is 4.92 Å². The quantitative estimate of drug-likeness (QED) is 0.581. The number of nitro groups is 1. The van der Waals surface area contributed by atoms with Crippen LogP contribution in [0.3, 0.4) is 0 Å². The van der Waals surface area contributed by atoms with Crippen LogP contribution in [-0.4, -0.2) is 14.3 Å². The first-order valence-corrected chi connectivity index (χ1v) is 4.67. The summed E-state index contributed by atoms with van der Waals surface area (Å²) in [5.74, 6) is 0. The zero-order valence-electron chi connectivity index (χ0n) is 7.27. The van der Waals surface area contributed by atoms with Gasteiger partial charge in [0.05, 0.1) is 10.6 Å².